The van der Waals surface area contributed by atoms with E-state index in [9.17, 15) is 0 Å². The van der Waals surface area contributed by atoms with E-state index in [4.69, 9.17) is 14.4 Å². The Kier molecular flexibility index (Phi) is 4.22. The highest BCUT2D eigenvalue weighted by Crippen LogP contribution is 2.32. The van der Waals surface area contributed by atoms with E-state index in [0.717, 1.165) is 17.5 Å². The summed E-state index contributed by atoms with van der Waals surface area (Å²) in [6.45, 7) is 7.91. The summed E-state index contributed by atoms with van der Waals surface area (Å²) in [6, 6.07) is 9.46. The van der Waals surface area contributed by atoms with Crippen LogP contribution < -0.4 is 10.1 Å². The number of nitriles is 1. The highest BCUT2D eigenvalue weighted by atomic mass is 16.5. The molecule has 2 rings (SSSR count). The van der Waals surface area contributed by atoms with Crippen molar-refractivity contribution in [3.8, 4) is 11.8 Å². The number of ether oxygens (including phenoxy) is 1. The highest BCUT2D eigenvalue weighted by molar-refractivity contribution is 5.86. The molecular weight excluding hydrogens is 240 g/mol. The third-order valence-corrected chi connectivity index (χ3v) is 2.70. The summed E-state index contributed by atoms with van der Waals surface area (Å²) in [5.41, 5.74) is 1.59. The number of likely N-dealkylation sites (N-methyl/N-ethyl adjacent to an activating group) is 1. The number of nitrogens with one attached hydrogen (secondary N) is 1. The lowest BCUT2D eigenvalue weighted by Gasteiger charge is -2.08. The Balaban J connectivity index is 2.16. The van der Waals surface area contributed by atoms with Gasteiger partial charge in [-0.2, -0.15) is 5.26 Å². The highest BCUT2D eigenvalue weighted by Gasteiger charge is 2.15. The summed E-state index contributed by atoms with van der Waals surface area (Å²) in [4.78, 5) is 0. The first-order valence-electron chi connectivity index (χ1n) is 6.18. The van der Waals surface area contributed by atoms with Gasteiger partial charge in [-0.05, 0) is 24.3 Å². The van der Waals surface area contributed by atoms with Crippen LogP contribution in [0.4, 0.5) is 0 Å². The maximum Gasteiger partial charge on any atom is 0.246 e. The lowest BCUT2D eigenvalue weighted by molar-refractivity contribution is 0.344. The van der Waals surface area contributed by atoms with Gasteiger partial charge in [-0.25, -0.2) is 0 Å². The molecule has 1 aromatic carbocycles. The largest absolute Gasteiger partial charge is 0.484 e. The molecule has 1 N–H and O–H groups in total. The summed E-state index contributed by atoms with van der Waals surface area (Å²) in [5.74, 6) is 0.702. The molecule has 0 atom stereocenters. The Morgan fingerprint density at radius 2 is 2.26 bits per heavy atom. The van der Waals surface area contributed by atoms with E-state index in [1.165, 1.54) is 0 Å². The molecule has 0 aliphatic rings. The molecule has 98 valence electrons. The zero-order valence-electron chi connectivity index (χ0n) is 10.9. The van der Waals surface area contributed by atoms with Crippen molar-refractivity contribution in [2.45, 2.75) is 6.92 Å². The maximum absolute atomic E-state index is 9.07. The van der Waals surface area contributed by atoms with E-state index in [-0.39, 0.29) is 5.76 Å². The second kappa shape index (κ2) is 6.07. The van der Waals surface area contributed by atoms with Crippen molar-refractivity contribution in [2.75, 3.05) is 19.7 Å². The topological polar surface area (TPSA) is 58.2 Å². The number of para-hydroxylation sites is 1. The summed E-state index contributed by atoms with van der Waals surface area (Å²) in [7, 11) is 0. The van der Waals surface area contributed by atoms with Crippen molar-refractivity contribution in [1.82, 2.24) is 5.32 Å². The summed E-state index contributed by atoms with van der Waals surface area (Å²) < 4.78 is 11.1. The molecule has 0 saturated carbocycles. The smallest absolute Gasteiger partial charge is 0.246 e. The number of furan rings is 1. The Morgan fingerprint density at radius 3 is 3.00 bits per heavy atom. The molecule has 0 saturated heterocycles. The first-order chi connectivity index (χ1) is 9.26. The van der Waals surface area contributed by atoms with Crippen LogP contribution in [0.25, 0.3) is 11.0 Å². The number of benzene rings is 1. The van der Waals surface area contributed by atoms with Crippen LogP contribution in [0.15, 0.2) is 40.8 Å². The number of nitrogens with zero attached hydrogens (tertiary/aromatic N) is 1. The van der Waals surface area contributed by atoms with Crippen molar-refractivity contribution >= 4 is 11.0 Å². The lowest BCUT2D eigenvalue weighted by atomic mass is 10.2. The van der Waals surface area contributed by atoms with Gasteiger partial charge in [0.25, 0.3) is 0 Å². The molecule has 1 heterocycles. The van der Waals surface area contributed by atoms with E-state index >= 15 is 0 Å². The van der Waals surface area contributed by atoms with Gasteiger partial charge in [-0.3, -0.25) is 0 Å². The second-order valence-electron chi connectivity index (χ2n) is 4.19. The standard InChI is InChI=1S/C15H16N2O2/c1-3-17-9-11(2)10-18-15-12-6-4-5-7-13(12)19-14(15)8-16/h4-7,17H,2-3,9-10H2,1H3. The van der Waals surface area contributed by atoms with Gasteiger partial charge in [0.05, 0.1) is 5.39 Å². The number of rotatable bonds is 6. The molecule has 4 heteroatoms. The zero-order valence-corrected chi connectivity index (χ0v) is 10.9. The van der Waals surface area contributed by atoms with Gasteiger partial charge in [0.15, 0.2) is 5.75 Å². The van der Waals surface area contributed by atoms with Crippen LogP contribution in [-0.2, 0) is 0 Å². The quantitative estimate of drug-likeness (QED) is 0.807. The van der Waals surface area contributed by atoms with Gasteiger partial charge >= 0.3 is 0 Å². The van der Waals surface area contributed by atoms with Crippen LogP contribution in [0.3, 0.4) is 0 Å². The molecular formula is C15H16N2O2. The van der Waals surface area contributed by atoms with Gasteiger partial charge in [0.1, 0.15) is 18.3 Å². The number of hydrogen-bond donors (Lipinski definition) is 1. The van der Waals surface area contributed by atoms with E-state index in [1.807, 2.05) is 37.3 Å². The fourth-order valence-electron chi connectivity index (χ4n) is 1.77. The van der Waals surface area contributed by atoms with E-state index in [1.54, 1.807) is 0 Å². The SMILES string of the molecule is C=C(CNCC)COc1c(C#N)oc2ccccc12. The van der Waals surface area contributed by atoms with Crippen LogP contribution in [-0.4, -0.2) is 19.7 Å². The van der Waals surface area contributed by atoms with Gasteiger partial charge < -0.3 is 14.5 Å². The minimum Gasteiger partial charge on any atom is -0.484 e. The molecule has 0 aliphatic heterocycles. The molecule has 19 heavy (non-hydrogen) atoms. The normalized spacial score (nSPS) is 10.3. The Bertz CT molecular complexity index is 623. The van der Waals surface area contributed by atoms with Crippen LogP contribution in [0, 0.1) is 11.3 Å². The van der Waals surface area contributed by atoms with Crippen molar-refractivity contribution in [3.05, 3.63) is 42.2 Å². The van der Waals surface area contributed by atoms with E-state index < -0.39 is 0 Å². The monoisotopic (exact) mass is 256 g/mol. The van der Waals surface area contributed by atoms with Crippen LogP contribution in [0.2, 0.25) is 0 Å². The van der Waals surface area contributed by atoms with Crippen molar-refractivity contribution in [1.29, 1.82) is 5.26 Å². The molecule has 0 aliphatic carbocycles. The number of fused-ring (bicyclic) bond motifs is 1. The first kappa shape index (κ1) is 13.2. The fraction of sp³-hybridized carbons (Fsp3) is 0.267. The molecule has 0 radical (unpaired) electrons. The van der Waals surface area contributed by atoms with Gasteiger partial charge in [0, 0.05) is 6.54 Å². The predicted octanol–water partition coefficient (Wildman–Crippen LogP) is 2.85. The van der Waals surface area contributed by atoms with Crippen LogP contribution in [0.1, 0.15) is 12.7 Å². The molecule has 4 nitrogen and oxygen atoms in total. The third-order valence-electron chi connectivity index (χ3n) is 2.70. The molecule has 1 aromatic heterocycles. The summed E-state index contributed by atoms with van der Waals surface area (Å²) in [5, 5.41) is 13.1. The average Bonchev–Trinajstić information content (AvgIpc) is 2.80. The molecule has 0 spiro atoms. The van der Waals surface area contributed by atoms with Crippen molar-refractivity contribution in [3.63, 3.8) is 0 Å². The third kappa shape index (κ3) is 2.95. The maximum atomic E-state index is 9.07. The molecule has 0 fully saturated rings. The van der Waals surface area contributed by atoms with Crippen molar-refractivity contribution < 1.29 is 9.15 Å². The van der Waals surface area contributed by atoms with Gasteiger partial charge in [0.2, 0.25) is 5.76 Å². The van der Waals surface area contributed by atoms with E-state index in [0.29, 0.717) is 24.5 Å². The minimum atomic E-state index is 0.206. The van der Waals surface area contributed by atoms with Gasteiger partial charge in [-0.1, -0.05) is 25.6 Å². The van der Waals surface area contributed by atoms with Crippen LogP contribution >= 0.6 is 0 Å². The number of hydrogen-bond acceptors (Lipinski definition) is 4. The lowest BCUT2D eigenvalue weighted by Crippen LogP contribution is -2.18. The first-order valence-corrected chi connectivity index (χ1v) is 6.18. The molecule has 0 amide bonds. The Hall–Kier alpha value is -2.25. The average molecular weight is 256 g/mol. The van der Waals surface area contributed by atoms with E-state index in [2.05, 4.69) is 11.9 Å². The van der Waals surface area contributed by atoms with Crippen molar-refractivity contribution in [2.24, 2.45) is 0 Å². The Morgan fingerprint density at radius 1 is 1.47 bits per heavy atom. The summed E-state index contributed by atoms with van der Waals surface area (Å²) in [6.07, 6.45) is 0. The molecule has 0 unspecified atom stereocenters. The second-order valence-corrected chi connectivity index (χ2v) is 4.19. The minimum absolute atomic E-state index is 0.206. The van der Waals surface area contributed by atoms with Crippen LogP contribution in [0.5, 0.6) is 5.75 Å². The fourth-order valence-corrected chi connectivity index (χ4v) is 1.77. The predicted molar refractivity (Wildman–Crippen MR) is 74.1 cm³/mol. The Labute approximate surface area is 112 Å². The van der Waals surface area contributed by atoms with Gasteiger partial charge in [-0.15, -0.1) is 0 Å². The molecule has 2 aromatic rings. The summed E-state index contributed by atoms with van der Waals surface area (Å²) >= 11 is 0. The molecule has 0 bridgehead atoms. The zero-order chi connectivity index (χ0) is 13.7.